The molecule has 0 saturated heterocycles. The van der Waals surface area contributed by atoms with Crippen molar-refractivity contribution in [1.82, 2.24) is 5.32 Å². The molecule has 422 valence electrons. The summed E-state index contributed by atoms with van der Waals surface area (Å²) in [7, 11) is 0. The minimum atomic E-state index is -0.658. The van der Waals surface area contributed by atoms with Crippen LogP contribution in [0.25, 0.3) is 0 Å². The van der Waals surface area contributed by atoms with Crippen LogP contribution < -0.4 is 5.32 Å². The van der Waals surface area contributed by atoms with Gasteiger partial charge < -0.3 is 15.5 Å². The molecule has 2 unspecified atom stereocenters. The Labute approximate surface area is 447 Å². The van der Waals surface area contributed by atoms with E-state index in [4.69, 9.17) is 0 Å². The van der Waals surface area contributed by atoms with Gasteiger partial charge in [-0.05, 0) is 44.9 Å². The molecule has 3 N–H and O–H groups in total. The normalized spacial score (nSPS) is 12.8. The van der Waals surface area contributed by atoms with Crippen LogP contribution in [0.1, 0.15) is 380 Å². The van der Waals surface area contributed by atoms with E-state index in [2.05, 4.69) is 43.5 Å². The molecule has 0 aromatic heterocycles. The third-order valence-electron chi connectivity index (χ3n) is 15.7. The van der Waals surface area contributed by atoms with Gasteiger partial charge in [-0.25, -0.2) is 0 Å². The highest BCUT2D eigenvalue weighted by Gasteiger charge is 2.20. The van der Waals surface area contributed by atoms with Crippen molar-refractivity contribution < 1.29 is 15.0 Å². The van der Waals surface area contributed by atoms with Crippen LogP contribution >= 0.6 is 0 Å². The lowest BCUT2D eigenvalue weighted by molar-refractivity contribution is -0.123. The second-order valence-corrected chi connectivity index (χ2v) is 22.9. The minimum Gasteiger partial charge on any atom is -0.394 e. The van der Waals surface area contributed by atoms with Crippen molar-refractivity contribution in [3.8, 4) is 0 Å². The summed E-state index contributed by atoms with van der Waals surface area (Å²) in [5.41, 5.74) is 0. The minimum absolute atomic E-state index is 0.0221. The Kier molecular flexibility index (Phi) is 62.2. The number of hydrogen-bond donors (Lipinski definition) is 3. The third-order valence-corrected chi connectivity index (χ3v) is 15.7. The molecule has 71 heavy (non-hydrogen) atoms. The number of aliphatic hydroxyl groups excluding tert-OH is 2. The van der Waals surface area contributed by atoms with E-state index in [1.54, 1.807) is 0 Å². The summed E-state index contributed by atoms with van der Waals surface area (Å²) in [5, 5.41) is 23.4. The highest BCUT2D eigenvalue weighted by atomic mass is 16.3. The van der Waals surface area contributed by atoms with Gasteiger partial charge in [0.1, 0.15) is 0 Å². The van der Waals surface area contributed by atoms with Gasteiger partial charge in [0.25, 0.3) is 0 Å². The van der Waals surface area contributed by atoms with E-state index in [1.165, 1.54) is 321 Å². The zero-order valence-electron chi connectivity index (χ0n) is 48.8. The molecule has 0 saturated carbocycles. The average molecular weight is 999 g/mol. The van der Waals surface area contributed by atoms with E-state index in [9.17, 15) is 15.0 Å². The fourth-order valence-electron chi connectivity index (χ4n) is 10.7. The number of amides is 1. The van der Waals surface area contributed by atoms with Gasteiger partial charge in [-0.1, -0.05) is 353 Å². The Morgan fingerprint density at radius 2 is 0.577 bits per heavy atom. The first-order valence-corrected chi connectivity index (χ1v) is 33.0. The summed E-state index contributed by atoms with van der Waals surface area (Å²) in [5.74, 6) is -0.0221. The molecule has 0 aliphatic heterocycles. The Hall–Kier alpha value is -1.13. The maximum absolute atomic E-state index is 12.5. The summed E-state index contributed by atoms with van der Waals surface area (Å²) in [6, 6.07) is -0.534. The van der Waals surface area contributed by atoms with Crippen LogP contribution in [0, 0.1) is 0 Å². The Bertz CT molecular complexity index is 1040. The van der Waals surface area contributed by atoms with E-state index in [0.717, 1.165) is 32.1 Å². The molecule has 0 heterocycles. The largest absolute Gasteiger partial charge is 0.394 e. The first-order valence-electron chi connectivity index (χ1n) is 33.0. The van der Waals surface area contributed by atoms with Gasteiger partial charge in [-0.2, -0.15) is 0 Å². The molecule has 0 aromatic rings. The van der Waals surface area contributed by atoms with Gasteiger partial charge in [0.05, 0.1) is 18.8 Å². The van der Waals surface area contributed by atoms with Crippen molar-refractivity contribution in [1.29, 1.82) is 0 Å². The van der Waals surface area contributed by atoms with E-state index in [-0.39, 0.29) is 12.5 Å². The number of carbonyl (C=O) groups is 1. The molecule has 2 atom stereocenters. The van der Waals surface area contributed by atoms with Crippen LogP contribution in [-0.2, 0) is 4.79 Å². The van der Waals surface area contributed by atoms with E-state index in [1.807, 2.05) is 0 Å². The average Bonchev–Trinajstić information content (AvgIpc) is 3.37. The molecule has 1 amide bonds. The number of rotatable bonds is 62. The van der Waals surface area contributed by atoms with Crippen molar-refractivity contribution in [2.45, 2.75) is 392 Å². The lowest BCUT2D eigenvalue weighted by Crippen LogP contribution is -2.45. The van der Waals surface area contributed by atoms with Crippen molar-refractivity contribution >= 4 is 5.91 Å². The Balaban J connectivity index is 3.38. The van der Waals surface area contributed by atoms with Crippen molar-refractivity contribution in [2.75, 3.05) is 6.61 Å². The van der Waals surface area contributed by atoms with E-state index < -0.39 is 12.1 Å². The third kappa shape index (κ3) is 59.6. The molecule has 0 radical (unpaired) electrons. The number of aliphatic hydroxyl groups is 2. The fraction of sp³-hybridized carbons (Fsp3) is 0.925. The quantitative estimate of drug-likeness (QED) is 0.0420. The number of unbranched alkanes of at least 4 members (excludes halogenated alkanes) is 51. The van der Waals surface area contributed by atoms with Gasteiger partial charge >= 0.3 is 0 Å². The number of carbonyl (C=O) groups excluding carboxylic acids is 1. The first-order chi connectivity index (χ1) is 35.2. The molecule has 0 aliphatic rings. The zero-order chi connectivity index (χ0) is 51.3. The highest BCUT2D eigenvalue weighted by Crippen LogP contribution is 2.19. The van der Waals surface area contributed by atoms with Gasteiger partial charge in [0.2, 0.25) is 5.91 Å². The van der Waals surface area contributed by atoms with Crippen molar-refractivity contribution in [2.24, 2.45) is 0 Å². The molecule has 4 heteroatoms. The Morgan fingerprint density at radius 3 is 0.845 bits per heavy atom. The van der Waals surface area contributed by atoms with Crippen LogP contribution in [0.3, 0.4) is 0 Å². The second-order valence-electron chi connectivity index (χ2n) is 22.9. The molecule has 0 aliphatic carbocycles. The van der Waals surface area contributed by atoms with E-state index >= 15 is 0 Å². The summed E-state index contributed by atoms with van der Waals surface area (Å²) in [6.07, 6.45) is 85.0. The van der Waals surface area contributed by atoms with Crippen LogP contribution in [0.2, 0.25) is 0 Å². The number of allylic oxidation sites excluding steroid dienone is 4. The molecule has 4 nitrogen and oxygen atoms in total. The topological polar surface area (TPSA) is 69.6 Å². The zero-order valence-corrected chi connectivity index (χ0v) is 48.8. The van der Waals surface area contributed by atoms with Crippen LogP contribution in [0.5, 0.6) is 0 Å². The second kappa shape index (κ2) is 63.2. The summed E-state index contributed by atoms with van der Waals surface area (Å²) in [4.78, 5) is 12.5. The standard InChI is InChI=1S/C67H131NO3/c1-3-5-7-9-11-13-15-17-19-21-23-25-27-29-30-31-32-33-34-35-36-37-38-39-41-43-45-47-49-51-53-55-57-59-61-63-67(71)68-65(64-69)66(70)62-60-58-56-54-52-50-48-46-44-42-40-28-26-24-22-20-18-16-14-12-10-8-6-4-2/h15,17,21,23,65-66,69-70H,3-14,16,18-20,22,24-64H2,1-2H3,(H,68,71)/b17-15-,23-21-. The molecule has 0 spiro atoms. The summed E-state index contributed by atoms with van der Waals surface area (Å²) in [6.45, 7) is 4.39. The predicted octanol–water partition coefficient (Wildman–Crippen LogP) is 22.2. The molecule has 0 bridgehead atoms. The predicted molar refractivity (Wildman–Crippen MR) is 318 cm³/mol. The SMILES string of the molecule is CCCCCCC/C=C\C/C=C\CCCCCCCCCCCCCCCCCCCCCCCCCC(=O)NC(CO)C(O)CCCCCCCCCCCCCCCCCCCCCCCCCC. The van der Waals surface area contributed by atoms with Gasteiger partial charge in [0.15, 0.2) is 0 Å². The number of nitrogens with one attached hydrogen (secondary N) is 1. The summed E-state index contributed by atoms with van der Waals surface area (Å²) >= 11 is 0. The van der Waals surface area contributed by atoms with Crippen LogP contribution in [0.4, 0.5) is 0 Å². The molecular weight excluding hydrogens is 867 g/mol. The molecular formula is C67H131NO3. The van der Waals surface area contributed by atoms with Gasteiger partial charge in [-0.15, -0.1) is 0 Å². The van der Waals surface area contributed by atoms with Crippen LogP contribution in [0.15, 0.2) is 24.3 Å². The number of hydrogen-bond acceptors (Lipinski definition) is 3. The van der Waals surface area contributed by atoms with Gasteiger partial charge in [0, 0.05) is 6.42 Å². The molecule has 0 aromatic carbocycles. The van der Waals surface area contributed by atoms with Crippen molar-refractivity contribution in [3.05, 3.63) is 24.3 Å². The Morgan fingerprint density at radius 1 is 0.338 bits per heavy atom. The van der Waals surface area contributed by atoms with Crippen LogP contribution in [-0.4, -0.2) is 34.9 Å². The molecule has 0 fully saturated rings. The first kappa shape index (κ1) is 69.9. The highest BCUT2D eigenvalue weighted by molar-refractivity contribution is 5.76. The maximum Gasteiger partial charge on any atom is 0.220 e. The van der Waals surface area contributed by atoms with Crippen molar-refractivity contribution in [3.63, 3.8) is 0 Å². The smallest absolute Gasteiger partial charge is 0.220 e. The lowest BCUT2D eigenvalue weighted by Gasteiger charge is -2.22. The van der Waals surface area contributed by atoms with E-state index in [0.29, 0.717) is 12.8 Å². The monoisotopic (exact) mass is 998 g/mol. The fourth-order valence-corrected chi connectivity index (χ4v) is 10.7. The lowest BCUT2D eigenvalue weighted by atomic mass is 10.0. The summed E-state index contributed by atoms with van der Waals surface area (Å²) < 4.78 is 0. The van der Waals surface area contributed by atoms with Gasteiger partial charge in [-0.3, -0.25) is 4.79 Å². The molecule has 0 rings (SSSR count). The maximum atomic E-state index is 12.5.